The van der Waals surface area contributed by atoms with Gasteiger partial charge in [0.15, 0.2) is 0 Å². The molecule has 1 heterocycles. The van der Waals surface area contributed by atoms with Crippen LogP contribution in [0.15, 0.2) is 0 Å². The Bertz CT molecular complexity index is 374. The Morgan fingerprint density at radius 1 is 1.09 bits per heavy atom. The molecule has 0 amide bonds. The summed E-state index contributed by atoms with van der Waals surface area (Å²) in [5, 5.41) is 10.4. The Morgan fingerprint density at radius 3 is 2.50 bits per heavy atom. The van der Waals surface area contributed by atoms with E-state index in [0.717, 1.165) is 12.3 Å². The molecule has 3 atom stereocenters. The summed E-state index contributed by atoms with van der Waals surface area (Å²) >= 11 is 0. The Hall–Kier alpha value is -0.0800. The zero-order chi connectivity index (χ0) is 15.8. The van der Waals surface area contributed by atoms with Gasteiger partial charge in [-0.15, -0.1) is 0 Å². The number of hydrogen-bond donors (Lipinski definition) is 1. The van der Waals surface area contributed by atoms with Crippen molar-refractivity contribution in [2.75, 3.05) is 19.6 Å². The minimum atomic E-state index is -0.0335. The fourth-order valence-electron chi connectivity index (χ4n) is 5.59. The SMILES string of the molecule is CC12CCC(CN(CCCC(O)C3CCCCC3)C1)C2(C)C. The lowest BCUT2D eigenvalue weighted by Crippen LogP contribution is -2.52. The molecule has 22 heavy (non-hydrogen) atoms. The lowest BCUT2D eigenvalue weighted by molar-refractivity contribution is -0.0200. The quantitative estimate of drug-likeness (QED) is 0.810. The Labute approximate surface area is 137 Å². The first kappa shape index (κ1) is 16.8. The molecule has 0 aromatic carbocycles. The maximum absolute atomic E-state index is 10.4. The molecule has 1 N–H and O–H groups in total. The van der Waals surface area contributed by atoms with E-state index >= 15 is 0 Å². The van der Waals surface area contributed by atoms with Gasteiger partial charge in [-0.25, -0.2) is 0 Å². The van der Waals surface area contributed by atoms with Crippen molar-refractivity contribution in [2.24, 2.45) is 22.7 Å². The molecule has 0 aromatic rings. The lowest BCUT2D eigenvalue weighted by Gasteiger charge is -2.50. The maximum atomic E-state index is 10.4. The Balaban J connectivity index is 1.43. The summed E-state index contributed by atoms with van der Waals surface area (Å²) in [5.41, 5.74) is 1.03. The number of piperidine rings is 1. The third-order valence-corrected chi connectivity index (χ3v) is 7.84. The van der Waals surface area contributed by atoms with E-state index in [2.05, 4.69) is 25.7 Å². The van der Waals surface area contributed by atoms with Gasteiger partial charge in [-0.2, -0.15) is 0 Å². The topological polar surface area (TPSA) is 23.5 Å². The van der Waals surface area contributed by atoms with Gasteiger partial charge in [0, 0.05) is 13.1 Å². The van der Waals surface area contributed by atoms with Gasteiger partial charge in [0.05, 0.1) is 6.10 Å². The first-order valence-electron chi connectivity index (χ1n) is 9.83. The lowest BCUT2D eigenvalue weighted by atomic mass is 9.63. The van der Waals surface area contributed by atoms with E-state index in [1.54, 1.807) is 0 Å². The van der Waals surface area contributed by atoms with Crippen molar-refractivity contribution in [3.63, 3.8) is 0 Å². The van der Waals surface area contributed by atoms with E-state index in [0.29, 0.717) is 16.7 Å². The van der Waals surface area contributed by atoms with Crippen molar-refractivity contribution in [3.05, 3.63) is 0 Å². The van der Waals surface area contributed by atoms with Crippen molar-refractivity contribution in [3.8, 4) is 0 Å². The molecular formula is C20H37NO. The molecule has 3 rings (SSSR count). The molecule has 2 aliphatic carbocycles. The molecule has 3 unspecified atom stereocenters. The van der Waals surface area contributed by atoms with E-state index in [1.165, 1.54) is 71.0 Å². The van der Waals surface area contributed by atoms with Crippen LogP contribution in [0.2, 0.25) is 0 Å². The highest BCUT2D eigenvalue weighted by molar-refractivity contribution is 5.05. The van der Waals surface area contributed by atoms with E-state index in [9.17, 15) is 5.11 Å². The van der Waals surface area contributed by atoms with Crippen molar-refractivity contribution in [1.29, 1.82) is 0 Å². The van der Waals surface area contributed by atoms with Gasteiger partial charge in [0.1, 0.15) is 0 Å². The number of rotatable bonds is 5. The summed E-state index contributed by atoms with van der Waals surface area (Å²) in [6.45, 7) is 11.3. The smallest absolute Gasteiger partial charge is 0.0568 e. The second kappa shape index (κ2) is 6.43. The molecule has 1 saturated heterocycles. The number of aliphatic hydroxyl groups excluding tert-OH is 1. The molecule has 1 aliphatic heterocycles. The molecule has 3 aliphatic rings. The zero-order valence-electron chi connectivity index (χ0n) is 15.1. The van der Waals surface area contributed by atoms with Gasteiger partial charge >= 0.3 is 0 Å². The molecule has 2 bridgehead atoms. The molecule has 2 nitrogen and oxygen atoms in total. The van der Waals surface area contributed by atoms with Crippen LogP contribution in [0, 0.1) is 22.7 Å². The molecule has 2 heteroatoms. The molecule has 0 aromatic heterocycles. The van der Waals surface area contributed by atoms with Gasteiger partial charge in [0.25, 0.3) is 0 Å². The summed E-state index contributed by atoms with van der Waals surface area (Å²) in [4.78, 5) is 2.70. The number of likely N-dealkylation sites (tertiary alicyclic amines) is 1. The molecule has 2 saturated carbocycles. The standard InChI is InChI=1S/C20H37NO/c1-19(2)17-11-12-20(19,3)15-21(14-17)13-7-10-18(22)16-8-5-4-6-9-16/h16-18,22H,4-15H2,1-3H3. The first-order chi connectivity index (χ1) is 10.4. The largest absolute Gasteiger partial charge is 0.393 e. The third kappa shape index (κ3) is 3.11. The van der Waals surface area contributed by atoms with Crippen LogP contribution in [0.4, 0.5) is 0 Å². The normalized spacial score (nSPS) is 37.4. The van der Waals surface area contributed by atoms with E-state index in [-0.39, 0.29) is 6.10 Å². The van der Waals surface area contributed by atoms with Crippen molar-refractivity contribution in [1.82, 2.24) is 4.90 Å². The van der Waals surface area contributed by atoms with Gasteiger partial charge in [-0.1, -0.05) is 40.0 Å². The van der Waals surface area contributed by atoms with Crippen molar-refractivity contribution in [2.45, 2.75) is 84.7 Å². The highest BCUT2D eigenvalue weighted by atomic mass is 16.3. The zero-order valence-corrected chi connectivity index (χ0v) is 15.1. The summed E-state index contributed by atoms with van der Waals surface area (Å²) in [7, 11) is 0. The summed E-state index contributed by atoms with van der Waals surface area (Å²) in [5.74, 6) is 1.48. The van der Waals surface area contributed by atoms with Crippen LogP contribution in [-0.2, 0) is 0 Å². The van der Waals surface area contributed by atoms with Crippen LogP contribution in [0.25, 0.3) is 0 Å². The minimum Gasteiger partial charge on any atom is -0.393 e. The molecule has 0 radical (unpaired) electrons. The van der Waals surface area contributed by atoms with Gasteiger partial charge < -0.3 is 10.0 Å². The Morgan fingerprint density at radius 2 is 1.82 bits per heavy atom. The van der Waals surface area contributed by atoms with Crippen LogP contribution in [0.1, 0.15) is 78.6 Å². The van der Waals surface area contributed by atoms with Crippen LogP contribution in [0.5, 0.6) is 0 Å². The number of hydrogen-bond acceptors (Lipinski definition) is 2. The van der Waals surface area contributed by atoms with Gasteiger partial charge in [0.2, 0.25) is 0 Å². The van der Waals surface area contributed by atoms with E-state index < -0.39 is 0 Å². The predicted molar refractivity (Wildman–Crippen MR) is 92.9 cm³/mol. The van der Waals surface area contributed by atoms with E-state index in [1.807, 2.05) is 0 Å². The second-order valence-electron chi connectivity index (χ2n) is 9.36. The van der Waals surface area contributed by atoms with E-state index in [4.69, 9.17) is 0 Å². The highest BCUT2D eigenvalue weighted by Gasteiger charge is 2.55. The van der Waals surface area contributed by atoms with Crippen molar-refractivity contribution < 1.29 is 5.11 Å². The Kier molecular flexibility index (Phi) is 4.90. The van der Waals surface area contributed by atoms with Crippen molar-refractivity contribution >= 4 is 0 Å². The third-order valence-electron chi connectivity index (χ3n) is 7.84. The van der Waals surface area contributed by atoms with Crippen LogP contribution < -0.4 is 0 Å². The maximum Gasteiger partial charge on any atom is 0.0568 e. The van der Waals surface area contributed by atoms with Gasteiger partial charge in [-0.3, -0.25) is 0 Å². The molecule has 3 fully saturated rings. The fraction of sp³-hybridized carbons (Fsp3) is 1.00. The average Bonchev–Trinajstić information content (AvgIpc) is 2.65. The van der Waals surface area contributed by atoms with Crippen LogP contribution in [0.3, 0.4) is 0 Å². The summed E-state index contributed by atoms with van der Waals surface area (Å²) < 4.78 is 0. The predicted octanol–water partition coefficient (Wildman–Crippen LogP) is 4.47. The molecular weight excluding hydrogens is 270 g/mol. The highest BCUT2D eigenvalue weighted by Crippen LogP contribution is 2.58. The molecule has 0 spiro atoms. The fourth-order valence-corrected chi connectivity index (χ4v) is 5.59. The number of aliphatic hydroxyl groups is 1. The van der Waals surface area contributed by atoms with Crippen LogP contribution >= 0.6 is 0 Å². The van der Waals surface area contributed by atoms with Gasteiger partial charge in [-0.05, 0) is 67.7 Å². The average molecular weight is 308 g/mol. The molecule has 128 valence electrons. The summed E-state index contributed by atoms with van der Waals surface area (Å²) in [6, 6.07) is 0. The second-order valence-corrected chi connectivity index (χ2v) is 9.36. The van der Waals surface area contributed by atoms with Crippen LogP contribution in [-0.4, -0.2) is 35.7 Å². The summed E-state index contributed by atoms with van der Waals surface area (Å²) in [6.07, 6.45) is 11.6. The number of nitrogens with zero attached hydrogens (tertiary/aromatic N) is 1. The number of fused-ring (bicyclic) bond motifs is 2. The first-order valence-corrected chi connectivity index (χ1v) is 9.83. The monoisotopic (exact) mass is 307 g/mol. The minimum absolute atomic E-state index is 0.0335.